The van der Waals surface area contributed by atoms with Gasteiger partial charge in [-0.05, 0) is 87.1 Å². The fraction of sp³-hybridized carbons (Fsp3) is 0.359. The lowest BCUT2D eigenvalue weighted by atomic mass is 10.0. The van der Waals surface area contributed by atoms with E-state index < -0.39 is 29.6 Å². The highest BCUT2D eigenvalue weighted by Crippen LogP contribution is 2.29. The Kier molecular flexibility index (Phi) is 18.1. The fourth-order valence-corrected chi connectivity index (χ4v) is 4.56. The molecule has 0 heterocycles. The van der Waals surface area contributed by atoms with Crippen molar-refractivity contribution in [2.45, 2.75) is 84.6 Å². The number of hydrogen-bond donors (Lipinski definition) is 2. The number of nitrogens with one attached hydrogen (secondary N) is 1. The zero-order chi connectivity index (χ0) is 34.4. The maximum absolute atomic E-state index is 14.3. The number of carbonyl (C=O) groups excluding carboxylic acids is 2. The molecule has 2 N–H and O–H groups in total. The second kappa shape index (κ2) is 22.0. The number of carbonyl (C=O) groups is 3. The fourth-order valence-electron chi connectivity index (χ4n) is 4.56. The first-order valence-electron chi connectivity index (χ1n) is 16.2. The lowest BCUT2D eigenvalue weighted by Crippen LogP contribution is -2.43. The standard InChI is InChI=1S/C39H47F2NO5/c1-4-5-6-7-8-9-10-11-12-13-14-15-16-17-18-19-20-21-37(43)42-35(26-29(2)3)39(46)47-36-25-22-30(27-33(36)38(44)45)32-24-23-31(40)28-34(32)41/h5-6,8-9,11-12,14-15,17-18,22-25,27-29,35H,4,7,10,13,16,19-21,26H2,1-3H3,(H,42,43)(H,44,45). The number of ether oxygens (including phenoxy) is 1. The molecule has 0 spiro atoms. The molecule has 0 fully saturated rings. The molecule has 0 aliphatic carbocycles. The van der Waals surface area contributed by atoms with E-state index in [9.17, 15) is 28.3 Å². The molecule has 1 amide bonds. The van der Waals surface area contributed by atoms with Crippen molar-refractivity contribution in [2.75, 3.05) is 0 Å². The monoisotopic (exact) mass is 647 g/mol. The van der Waals surface area contributed by atoms with E-state index in [1.54, 1.807) is 0 Å². The zero-order valence-electron chi connectivity index (χ0n) is 27.6. The summed E-state index contributed by atoms with van der Waals surface area (Å²) in [6.07, 6.45) is 27.8. The lowest BCUT2D eigenvalue weighted by molar-refractivity contribution is -0.139. The Morgan fingerprint density at radius 2 is 1.43 bits per heavy atom. The summed E-state index contributed by atoms with van der Waals surface area (Å²) in [5.41, 5.74) is -0.188. The molecule has 47 heavy (non-hydrogen) atoms. The maximum Gasteiger partial charge on any atom is 0.339 e. The topological polar surface area (TPSA) is 92.7 Å². The highest BCUT2D eigenvalue weighted by atomic mass is 19.1. The van der Waals surface area contributed by atoms with Gasteiger partial charge in [0.25, 0.3) is 0 Å². The Bertz CT molecular complexity index is 1460. The summed E-state index contributed by atoms with van der Waals surface area (Å²) in [6.45, 7) is 5.91. The molecule has 2 aromatic rings. The van der Waals surface area contributed by atoms with Crippen LogP contribution in [0.25, 0.3) is 11.1 Å². The molecular weight excluding hydrogens is 600 g/mol. The van der Waals surface area contributed by atoms with Gasteiger partial charge in [0, 0.05) is 18.1 Å². The van der Waals surface area contributed by atoms with Gasteiger partial charge in [0.2, 0.25) is 5.91 Å². The summed E-state index contributed by atoms with van der Waals surface area (Å²) < 4.78 is 33.0. The SMILES string of the molecule is CCC=CCC=CCC=CCC=CCC=CCCCC(=O)NC(CC(C)C)C(=O)Oc1ccc(-c2ccc(F)cc2F)cc1C(=O)O. The second-order valence-electron chi connectivity index (χ2n) is 11.4. The third kappa shape index (κ3) is 15.5. The summed E-state index contributed by atoms with van der Waals surface area (Å²) in [7, 11) is 0. The number of halogens is 2. The molecule has 0 aliphatic heterocycles. The molecular formula is C39H47F2NO5. The number of esters is 1. The third-order valence-corrected chi connectivity index (χ3v) is 6.92. The van der Waals surface area contributed by atoms with Crippen molar-refractivity contribution in [3.63, 3.8) is 0 Å². The van der Waals surface area contributed by atoms with E-state index in [0.29, 0.717) is 25.3 Å². The first-order chi connectivity index (χ1) is 22.6. The van der Waals surface area contributed by atoms with E-state index in [-0.39, 0.29) is 40.7 Å². The number of allylic oxidation sites excluding steroid dienone is 10. The Hall–Kier alpha value is -4.59. The minimum Gasteiger partial charge on any atom is -0.478 e. The number of aromatic carboxylic acids is 1. The third-order valence-electron chi connectivity index (χ3n) is 6.92. The van der Waals surface area contributed by atoms with Crippen molar-refractivity contribution in [3.8, 4) is 16.9 Å². The minimum absolute atomic E-state index is 0.00121. The van der Waals surface area contributed by atoms with Crippen LogP contribution in [0.5, 0.6) is 5.75 Å². The molecule has 1 atom stereocenters. The van der Waals surface area contributed by atoms with E-state index in [2.05, 4.69) is 66.9 Å². The van der Waals surface area contributed by atoms with Gasteiger partial charge in [-0.1, -0.05) is 87.6 Å². The zero-order valence-corrected chi connectivity index (χ0v) is 27.6. The van der Waals surface area contributed by atoms with Crippen molar-refractivity contribution >= 4 is 17.8 Å². The number of amides is 1. The summed E-state index contributed by atoms with van der Waals surface area (Å²) >= 11 is 0. The number of rotatable bonds is 20. The van der Waals surface area contributed by atoms with Crippen molar-refractivity contribution in [2.24, 2.45) is 5.92 Å². The largest absolute Gasteiger partial charge is 0.478 e. The summed E-state index contributed by atoms with van der Waals surface area (Å²) in [5, 5.41) is 12.5. The van der Waals surface area contributed by atoms with Crippen molar-refractivity contribution in [3.05, 3.63) is 114 Å². The molecule has 0 radical (unpaired) electrons. The Morgan fingerprint density at radius 3 is 1.98 bits per heavy atom. The number of benzene rings is 2. The molecule has 8 heteroatoms. The molecule has 2 rings (SSSR count). The number of hydrogen-bond acceptors (Lipinski definition) is 4. The van der Waals surface area contributed by atoms with Gasteiger partial charge in [-0.15, -0.1) is 0 Å². The molecule has 0 aromatic heterocycles. The van der Waals surface area contributed by atoms with Crippen LogP contribution in [0.4, 0.5) is 8.78 Å². The van der Waals surface area contributed by atoms with Crippen LogP contribution in [-0.4, -0.2) is 29.0 Å². The smallest absolute Gasteiger partial charge is 0.339 e. The predicted molar refractivity (Wildman–Crippen MR) is 184 cm³/mol. The van der Waals surface area contributed by atoms with Crippen LogP contribution in [0.1, 0.15) is 88.9 Å². The maximum atomic E-state index is 14.3. The van der Waals surface area contributed by atoms with E-state index in [1.807, 2.05) is 19.9 Å². The number of carboxylic acid groups (broad SMARTS) is 1. The molecule has 0 bridgehead atoms. The molecule has 0 aliphatic rings. The molecule has 6 nitrogen and oxygen atoms in total. The van der Waals surface area contributed by atoms with Crippen LogP contribution < -0.4 is 10.1 Å². The minimum atomic E-state index is -1.39. The van der Waals surface area contributed by atoms with E-state index >= 15 is 0 Å². The molecule has 0 saturated carbocycles. The second-order valence-corrected chi connectivity index (χ2v) is 11.4. The molecule has 2 aromatic carbocycles. The van der Waals surface area contributed by atoms with E-state index in [4.69, 9.17) is 4.74 Å². The number of unbranched alkanes of at least 4 members (excludes halogenated alkanes) is 1. The van der Waals surface area contributed by atoms with Crippen LogP contribution in [0.3, 0.4) is 0 Å². The average molecular weight is 648 g/mol. The summed E-state index contributed by atoms with van der Waals surface area (Å²) in [4.78, 5) is 37.7. The van der Waals surface area contributed by atoms with Gasteiger partial charge in [-0.2, -0.15) is 0 Å². The highest BCUT2D eigenvalue weighted by molar-refractivity contribution is 5.94. The highest BCUT2D eigenvalue weighted by Gasteiger charge is 2.26. The van der Waals surface area contributed by atoms with Crippen LogP contribution in [0, 0.1) is 17.6 Å². The van der Waals surface area contributed by atoms with Gasteiger partial charge >= 0.3 is 11.9 Å². The molecule has 0 saturated heterocycles. The van der Waals surface area contributed by atoms with Crippen molar-refractivity contribution in [1.29, 1.82) is 0 Å². The Morgan fingerprint density at radius 1 is 0.830 bits per heavy atom. The van der Waals surface area contributed by atoms with Crippen LogP contribution in [0.2, 0.25) is 0 Å². The van der Waals surface area contributed by atoms with Gasteiger partial charge in [0.15, 0.2) is 0 Å². The van der Waals surface area contributed by atoms with Gasteiger partial charge in [0.05, 0.1) is 0 Å². The van der Waals surface area contributed by atoms with Crippen molar-refractivity contribution in [1.82, 2.24) is 5.32 Å². The van der Waals surface area contributed by atoms with Crippen LogP contribution >= 0.6 is 0 Å². The van der Waals surface area contributed by atoms with Gasteiger partial charge in [0.1, 0.15) is 29.0 Å². The van der Waals surface area contributed by atoms with Gasteiger partial charge in [-0.3, -0.25) is 4.79 Å². The van der Waals surface area contributed by atoms with Crippen molar-refractivity contribution < 1.29 is 33.0 Å². The normalized spacial score (nSPS) is 12.7. The number of carboxylic acids is 1. The van der Waals surface area contributed by atoms with Gasteiger partial charge in [-0.25, -0.2) is 18.4 Å². The summed E-state index contributed by atoms with van der Waals surface area (Å²) in [6, 6.07) is 5.78. The van der Waals surface area contributed by atoms with E-state index in [0.717, 1.165) is 44.2 Å². The van der Waals surface area contributed by atoms with Crippen LogP contribution in [-0.2, 0) is 9.59 Å². The predicted octanol–water partition coefficient (Wildman–Crippen LogP) is 9.69. The lowest BCUT2D eigenvalue weighted by Gasteiger charge is -2.20. The van der Waals surface area contributed by atoms with Gasteiger partial charge < -0.3 is 15.2 Å². The first-order valence-corrected chi connectivity index (χ1v) is 16.2. The van der Waals surface area contributed by atoms with E-state index in [1.165, 1.54) is 18.2 Å². The average Bonchev–Trinajstić information content (AvgIpc) is 3.02. The molecule has 252 valence electrons. The quantitative estimate of drug-likeness (QED) is 0.0646. The first kappa shape index (κ1) is 38.6. The molecule has 1 unspecified atom stereocenters. The Labute approximate surface area is 277 Å². The summed E-state index contributed by atoms with van der Waals surface area (Å²) in [5.74, 6) is -4.31. The van der Waals surface area contributed by atoms with Crippen LogP contribution in [0.15, 0.2) is 97.2 Å². The Balaban J connectivity index is 1.83.